The van der Waals surface area contributed by atoms with E-state index in [1.54, 1.807) is 12.1 Å². The van der Waals surface area contributed by atoms with Crippen LogP contribution in [0.5, 0.6) is 5.75 Å². The number of sulfone groups is 1. The molecule has 0 bridgehead atoms. The molecule has 0 fully saturated rings. The Labute approximate surface area is 121 Å². The smallest absolute Gasteiger partial charge is 0.269 e. The number of phenolic OH excluding ortho intramolecular Hbond substituents is 1. The third-order valence-corrected chi connectivity index (χ3v) is 4.11. The Morgan fingerprint density at radius 2 is 1.76 bits per heavy atom. The van der Waals surface area contributed by atoms with E-state index in [1.165, 1.54) is 30.3 Å². The van der Waals surface area contributed by atoms with Gasteiger partial charge in [-0.15, -0.1) is 0 Å². The molecule has 0 heterocycles. The predicted molar refractivity (Wildman–Crippen MR) is 77.4 cm³/mol. The highest BCUT2D eigenvalue weighted by atomic mass is 32.2. The van der Waals surface area contributed by atoms with E-state index in [0.717, 1.165) is 17.5 Å². The van der Waals surface area contributed by atoms with E-state index in [-0.39, 0.29) is 16.3 Å². The van der Waals surface area contributed by atoms with Gasteiger partial charge in [0.2, 0.25) is 0 Å². The molecule has 0 aromatic heterocycles. The number of hydrogen-bond donors (Lipinski definition) is 1. The molecule has 0 radical (unpaired) electrons. The summed E-state index contributed by atoms with van der Waals surface area (Å²) in [5, 5.41) is 20.8. The van der Waals surface area contributed by atoms with Gasteiger partial charge in [0.05, 0.1) is 9.82 Å². The fourth-order valence-corrected chi connectivity index (χ4v) is 2.64. The maximum absolute atomic E-state index is 12.1. The van der Waals surface area contributed by atoms with Crippen LogP contribution in [0.25, 0.3) is 6.08 Å². The van der Waals surface area contributed by atoms with Gasteiger partial charge in [0.1, 0.15) is 5.75 Å². The highest BCUT2D eigenvalue weighted by Gasteiger charge is 2.12. The van der Waals surface area contributed by atoms with E-state index >= 15 is 0 Å². The topological polar surface area (TPSA) is 97.5 Å². The second-order valence-electron chi connectivity index (χ2n) is 4.19. The Balaban J connectivity index is 2.27. The van der Waals surface area contributed by atoms with Crippen LogP contribution in [-0.4, -0.2) is 18.4 Å². The molecule has 108 valence electrons. The fourth-order valence-electron chi connectivity index (χ4n) is 1.63. The number of nitro groups is 1. The van der Waals surface area contributed by atoms with Crippen LogP contribution in [0.15, 0.2) is 58.8 Å². The van der Waals surface area contributed by atoms with Crippen LogP contribution >= 0.6 is 0 Å². The lowest BCUT2D eigenvalue weighted by molar-refractivity contribution is -0.384. The van der Waals surface area contributed by atoms with Gasteiger partial charge >= 0.3 is 0 Å². The summed E-state index contributed by atoms with van der Waals surface area (Å²) in [6, 6.07) is 10.8. The van der Waals surface area contributed by atoms with Crippen LogP contribution in [0.1, 0.15) is 5.56 Å². The van der Waals surface area contributed by atoms with Crippen LogP contribution in [0, 0.1) is 10.1 Å². The molecule has 0 aliphatic heterocycles. The van der Waals surface area contributed by atoms with E-state index < -0.39 is 14.8 Å². The number of phenols is 1. The summed E-state index contributed by atoms with van der Waals surface area (Å²) in [4.78, 5) is 9.89. The van der Waals surface area contributed by atoms with Crippen molar-refractivity contribution < 1.29 is 18.4 Å². The van der Waals surface area contributed by atoms with Gasteiger partial charge in [-0.25, -0.2) is 8.42 Å². The van der Waals surface area contributed by atoms with E-state index in [4.69, 9.17) is 0 Å². The summed E-state index contributed by atoms with van der Waals surface area (Å²) in [5.41, 5.74) is 0.353. The molecular weight excluding hydrogens is 294 g/mol. The first kappa shape index (κ1) is 14.7. The molecule has 0 saturated heterocycles. The average Bonchev–Trinajstić information content (AvgIpc) is 2.45. The third kappa shape index (κ3) is 3.67. The third-order valence-electron chi connectivity index (χ3n) is 2.69. The molecular formula is C14H11NO5S. The van der Waals surface area contributed by atoms with Crippen molar-refractivity contribution in [3.05, 3.63) is 69.6 Å². The highest BCUT2D eigenvalue weighted by Crippen LogP contribution is 2.19. The molecule has 6 nitrogen and oxygen atoms in total. The molecule has 0 spiro atoms. The summed E-state index contributed by atoms with van der Waals surface area (Å²) in [6.45, 7) is 0. The minimum absolute atomic E-state index is 0.0323. The first-order chi connectivity index (χ1) is 9.88. The van der Waals surface area contributed by atoms with E-state index in [2.05, 4.69) is 0 Å². The number of hydrogen-bond acceptors (Lipinski definition) is 5. The minimum Gasteiger partial charge on any atom is -0.508 e. The van der Waals surface area contributed by atoms with E-state index in [0.29, 0.717) is 5.56 Å². The summed E-state index contributed by atoms with van der Waals surface area (Å²) in [6.07, 6.45) is 1.34. The van der Waals surface area contributed by atoms with Crippen LogP contribution in [0.2, 0.25) is 0 Å². The van der Waals surface area contributed by atoms with Crippen molar-refractivity contribution in [3.63, 3.8) is 0 Å². The van der Waals surface area contributed by atoms with Crippen molar-refractivity contribution in [2.45, 2.75) is 4.90 Å². The van der Waals surface area contributed by atoms with Crippen molar-refractivity contribution in [3.8, 4) is 5.75 Å². The Kier molecular flexibility index (Phi) is 4.04. The summed E-state index contributed by atoms with van der Waals surface area (Å²) in [5.74, 6) is 0.0323. The lowest BCUT2D eigenvalue weighted by Crippen LogP contribution is -1.96. The average molecular weight is 305 g/mol. The van der Waals surface area contributed by atoms with Gasteiger partial charge in [0.25, 0.3) is 5.69 Å². The van der Waals surface area contributed by atoms with Crippen LogP contribution in [0.4, 0.5) is 5.69 Å². The molecule has 1 N–H and O–H groups in total. The molecule has 0 aliphatic carbocycles. The molecule has 0 unspecified atom stereocenters. The molecule has 0 amide bonds. The van der Waals surface area contributed by atoms with Crippen molar-refractivity contribution in [1.29, 1.82) is 0 Å². The first-order valence-electron chi connectivity index (χ1n) is 5.85. The highest BCUT2D eigenvalue weighted by molar-refractivity contribution is 7.94. The van der Waals surface area contributed by atoms with Gasteiger partial charge in [-0.1, -0.05) is 12.1 Å². The van der Waals surface area contributed by atoms with Gasteiger partial charge in [0, 0.05) is 17.5 Å². The van der Waals surface area contributed by atoms with Gasteiger partial charge in [-0.05, 0) is 35.9 Å². The molecule has 21 heavy (non-hydrogen) atoms. The second-order valence-corrected chi connectivity index (χ2v) is 6.03. The Morgan fingerprint density at radius 3 is 2.33 bits per heavy atom. The molecule has 2 aromatic carbocycles. The number of benzene rings is 2. The van der Waals surface area contributed by atoms with Crippen LogP contribution in [0.3, 0.4) is 0 Å². The Hall–Kier alpha value is -2.67. The van der Waals surface area contributed by atoms with Gasteiger partial charge in [-0.2, -0.15) is 0 Å². The van der Waals surface area contributed by atoms with E-state index in [9.17, 15) is 23.6 Å². The summed E-state index contributed by atoms with van der Waals surface area (Å²) >= 11 is 0. The summed E-state index contributed by atoms with van der Waals surface area (Å²) < 4.78 is 24.1. The Bertz CT molecular complexity index is 794. The number of nitrogens with zero attached hydrogens (tertiary/aromatic N) is 1. The van der Waals surface area contributed by atoms with Gasteiger partial charge < -0.3 is 5.11 Å². The molecule has 2 aromatic rings. The first-order valence-corrected chi connectivity index (χ1v) is 7.40. The zero-order valence-corrected chi connectivity index (χ0v) is 11.5. The maximum atomic E-state index is 12.1. The zero-order chi connectivity index (χ0) is 15.5. The van der Waals surface area contributed by atoms with Crippen molar-refractivity contribution >= 4 is 21.6 Å². The molecule has 7 heteroatoms. The number of nitro benzene ring substituents is 1. The predicted octanol–water partition coefficient (Wildman–Crippen LogP) is 2.75. The number of aromatic hydroxyl groups is 1. The quantitative estimate of drug-likeness (QED) is 0.692. The van der Waals surface area contributed by atoms with Gasteiger partial charge in [-0.3, -0.25) is 10.1 Å². The second kappa shape index (κ2) is 5.76. The van der Waals surface area contributed by atoms with Crippen molar-refractivity contribution in [1.82, 2.24) is 0 Å². The van der Waals surface area contributed by atoms with E-state index in [1.807, 2.05) is 0 Å². The lowest BCUT2D eigenvalue weighted by Gasteiger charge is -1.99. The zero-order valence-electron chi connectivity index (χ0n) is 10.7. The largest absolute Gasteiger partial charge is 0.508 e. The lowest BCUT2D eigenvalue weighted by atomic mass is 10.2. The molecule has 0 atom stereocenters. The molecule has 0 saturated carbocycles. The number of rotatable bonds is 4. The standard InChI is InChI=1S/C14H11NO5S/c16-13-3-1-2-11(10-13)8-9-21(19,20)14-6-4-12(5-7-14)15(17)18/h1-10,16H/b9-8+. The van der Waals surface area contributed by atoms with Crippen molar-refractivity contribution in [2.24, 2.45) is 0 Å². The molecule has 2 rings (SSSR count). The van der Waals surface area contributed by atoms with Crippen LogP contribution in [-0.2, 0) is 9.84 Å². The van der Waals surface area contributed by atoms with Crippen LogP contribution < -0.4 is 0 Å². The maximum Gasteiger partial charge on any atom is 0.269 e. The number of non-ortho nitro benzene ring substituents is 1. The summed E-state index contributed by atoms with van der Waals surface area (Å²) in [7, 11) is -3.70. The SMILES string of the molecule is O=[N+]([O-])c1ccc(S(=O)(=O)/C=C/c2cccc(O)c2)cc1. The van der Waals surface area contributed by atoms with Crippen molar-refractivity contribution in [2.75, 3.05) is 0 Å². The van der Waals surface area contributed by atoms with Gasteiger partial charge in [0.15, 0.2) is 9.84 Å². The molecule has 0 aliphatic rings. The monoisotopic (exact) mass is 305 g/mol. The normalized spacial score (nSPS) is 11.6. The minimum atomic E-state index is -3.70. The Morgan fingerprint density at radius 1 is 1.10 bits per heavy atom. The fraction of sp³-hybridized carbons (Fsp3) is 0.